The Bertz CT molecular complexity index is 554. The molecule has 102 valence electrons. The molecule has 0 spiro atoms. The number of hydrogen-bond donors (Lipinski definition) is 2. The average Bonchev–Trinajstić information content (AvgIpc) is 2.95. The van der Waals surface area contributed by atoms with Crippen molar-refractivity contribution in [2.24, 2.45) is 0 Å². The predicted molar refractivity (Wildman–Crippen MR) is 76.5 cm³/mol. The van der Waals surface area contributed by atoms with Crippen molar-refractivity contribution in [2.75, 3.05) is 11.9 Å². The zero-order valence-corrected chi connectivity index (χ0v) is 12.4. The van der Waals surface area contributed by atoms with Gasteiger partial charge in [0, 0.05) is 30.2 Å². The van der Waals surface area contributed by atoms with Crippen molar-refractivity contribution in [3.05, 3.63) is 27.9 Å². The number of thiazole rings is 1. The van der Waals surface area contributed by atoms with Crippen LogP contribution in [-0.2, 0) is 11.3 Å². The maximum absolute atomic E-state index is 10.4. The molecule has 0 aliphatic heterocycles. The maximum Gasteiger partial charge on any atom is 0.303 e. The van der Waals surface area contributed by atoms with Crippen LogP contribution in [0.5, 0.6) is 0 Å². The van der Waals surface area contributed by atoms with Gasteiger partial charge in [0.1, 0.15) is 0 Å². The van der Waals surface area contributed by atoms with Gasteiger partial charge in [0.25, 0.3) is 0 Å². The SMILES string of the molecule is O=C(O)CCCNc1ncc(Cn2cc(Br)cn2)s1. The Hall–Kier alpha value is -1.41. The van der Waals surface area contributed by atoms with Crippen molar-refractivity contribution in [1.82, 2.24) is 14.8 Å². The van der Waals surface area contributed by atoms with Gasteiger partial charge in [0.15, 0.2) is 5.13 Å². The fraction of sp³-hybridized carbons (Fsp3) is 0.364. The Labute approximate surface area is 122 Å². The van der Waals surface area contributed by atoms with Crippen LogP contribution in [0.2, 0.25) is 0 Å². The summed E-state index contributed by atoms with van der Waals surface area (Å²) in [6, 6.07) is 0. The Balaban J connectivity index is 1.80. The van der Waals surface area contributed by atoms with Gasteiger partial charge in [0.05, 0.1) is 17.2 Å². The number of rotatable bonds is 7. The van der Waals surface area contributed by atoms with Gasteiger partial charge in [-0.15, -0.1) is 11.3 Å². The van der Waals surface area contributed by atoms with Crippen molar-refractivity contribution >= 4 is 38.4 Å². The second kappa shape index (κ2) is 6.67. The van der Waals surface area contributed by atoms with Gasteiger partial charge in [-0.1, -0.05) is 0 Å². The summed E-state index contributed by atoms with van der Waals surface area (Å²) in [5.74, 6) is -0.772. The van der Waals surface area contributed by atoms with E-state index in [0.29, 0.717) is 19.5 Å². The zero-order chi connectivity index (χ0) is 13.7. The molecule has 0 aliphatic rings. The van der Waals surface area contributed by atoms with Crippen LogP contribution >= 0.6 is 27.3 Å². The molecule has 8 heteroatoms. The highest BCUT2D eigenvalue weighted by Crippen LogP contribution is 2.19. The summed E-state index contributed by atoms with van der Waals surface area (Å²) >= 11 is 4.90. The van der Waals surface area contributed by atoms with E-state index in [4.69, 9.17) is 5.11 Å². The monoisotopic (exact) mass is 344 g/mol. The lowest BCUT2D eigenvalue weighted by Gasteiger charge is -1.99. The minimum absolute atomic E-state index is 0.173. The molecule has 0 saturated carbocycles. The lowest BCUT2D eigenvalue weighted by Crippen LogP contribution is -2.04. The standard InChI is InChI=1S/C11H13BrN4O2S/c12-8-4-15-16(6-8)7-9-5-14-11(19-9)13-3-1-2-10(17)18/h4-6H,1-3,7H2,(H,13,14)(H,17,18). The van der Waals surface area contributed by atoms with Crippen LogP contribution in [0.15, 0.2) is 23.1 Å². The van der Waals surface area contributed by atoms with E-state index < -0.39 is 5.97 Å². The summed E-state index contributed by atoms with van der Waals surface area (Å²) in [4.78, 5) is 15.7. The molecular weight excluding hydrogens is 332 g/mol. The van der Waals surface area contributed by atoms with Gasteiger partial charge in [-0.05, 0) is 22.4 Å². The van der Waals surface area contributed by atoms with Gasteiger partial charge in [-0.3, -0.25) is 9.48 Å². The number of aliphatic carboxylic acids is 1. The second-order valence-electron chi connectivity index (χ2n) is 3.91. The van der Waals surface area contributed by atoms with E-state index in [1.165, 1.54) is 0 Å². The van der Waals surface area contributed by atoms with Crippen LogP contribution in [0.4, 0.5) is 5.13 Å². The van der Waals surface area contributed by atoms with Gasteiger partial charge in [0.2, 0.25) is 0 Å². The van der Waals surface area contributed by atoms with Crippen LogP contribution < -0.4 is 5.32 Å². The smallest absolute Gasteiger partial charge is 0.303 e. The van der Waals surface area contributed by atoms with Gasteiger partial charge >= 0.3 is 5.97 Å². The Morgan fingerprint density at radius 1 is 1.53 bits per heavy atom. The topological polar surface area (TPSA) is 80.0 Å². The molecule has 0 saturated heterocycles. The molecule has 2 aromatic rings. The number of halogens is 1. The Morgan fingerprint density at radius 2 is 2.37 bits per heavy atom. The van der Waals surface area contributed by atoms with E-state index >= 15 is 0 Å². The Kier molecular flexibility index (Phi) is 4.92. The zero-order valence-electron chi connectivity index (χ0n) is 10.0. The van der Waals surface area contributed by atoms with Gasteiger partial charge < -0.3 is 10.4 Å². The molecule has 0 radical (unpaired) electrons. The fourth-order valence-corrected chi connectivity index (χ4v) is 2.64. The summed E-state index contributed by atoms with van der Waals surface area (Å²) < 4.78 is 2.77. The van der Waals surface area contributed by atoms with Crippen LogP contribution in [0.3, 0.4) is 0 Å². The minimum Gasteiger partial charge on any atom is -0.481 e. The lowest BCUT2D eigenvalue weighted by atomic mass is 10.3. The molecule has 2 heterocycles. The molecule has 6 nitrogen and oxygen atoms in total. The molecule has 0 unspecified atom stereocenters. The third-order valence-electron chi connectivity index (χ3n) is 2.32. The summed E-state index contributed by atoms with van der Waals surface area (Å²) in [5, 5.41) is 16.6. The minimum atomic E-state index is -0.772. The normalized spacial score (nSPS) is 10.6. The number of hydrogen-bond acceptors (Lipinski definition) is 5. The molecule has 2 N–H and O–H groups in total. The second-order valence-corrected chi connectivity index (χ2v) is 5.94. The highest BCUT2D eigenvalue weighted by Gasteiger charge is 2.04. The summed E-state index contributed by atoms with van der Waals surface area (Å²) in [6.45, 7) is 1.30. The number of nitrogens with one attached hydrogen (secondary N) is 1. The predicted octanol–water partition coefficient (Wildman–Crippen LogP) is 2.43. The lowest BCUT2D eigenvalue weighted by molar-refractivity contribution is -0.137. The number of anilines is 1. The first-order valence-corrected chi connectivity index (χ1v) is 7.33. The first kappa shape index (κ1) is 14.0. The molecule has 0 amide bonds. The molecule has 2 rings (SSSR count). The largest absolute Gasteiger partial charge is 0.481 e. The molecule has 2 aromatic heterocycles. The van der Waals surface area contributed by atoms with Crippen LogP contribution in [0.1, 0.15) is 17.7 Å². The van der Waals surface area contributed by atoms with Crippen LogP contribution in [0, 0.1) is 0 Å². The van der Waals surface area contributed by atoms with Crippen molar-refractivity contribution < 1.29 is 9.90 Å². The summed E-state index contributed by atoms with van der Waals surface area (Å²) in [5.41, 5.74) is 0. The van der Waals surface area contributed by atoms with E-state index in [9.17, 15) is 4.79 Å². The molecule has 0 fully saturated rings. The molecule has 0 bridgehead atoms. The Morgan fingerprint density at radius 3 is 3.05 bits per heavy atom. The first-order chi connectivity index (χ1) is 9.13. The van der Waals surface area contributed by atoms with E-state index in [2.05, 4.69) is 31.3 Å². The number of carboxylic acid groups (broad SMARTS) is 1. The molecule has 0 atom stereocenters. The number of aromatic nitrogens is 3. The van der Waals surface area contributed by atoms with E-state index in [1.54, 1.807) is 23.7 Å². The summed E-state index contributed by atoms with van der Waals surface area (Å²) in [6.07, 6.45) is 6.22. The third-order valence-corrected chi connectivity index (χ3v) is 3.67. The highest BCUT2D eigenvalue weighted by atomic mass is 79.9. The van der Waals surface area contributed by atoms with Crippen LogP contribution in [-0.4, -0.2) is 32.4 Å². The quantitative estimate of drug-likeness (QED) is 0.754. The van der Waals surface area contributed by atoms with Crippen molar-refractivity contribution in [3.63, 3.8) is 0 Å². The molecule has 0 aromatic carbocycles. The number of carboxylic acids is 1. The van der Waals surface area contributed by atoms with E-state index in [-0.39, 0.29) is 6.42 Å². The summed E-state index contributed by atoms with van der Waals surface area (Å²) in [7, 11) is 0. The first-order valence-electron chi connectivity index (χ1n) is 5.72. The van der Waals surface area contributed by atoms with Gasteiger partial charge in [-0.2, -0.15) is 5.10 Å². The van der Waals surface area contributed by atoms with Crippen molar-refractivity contribution in [1.29, 1.82) is 0 Å². The van der Waals surface area contributed by atoms with Crippen LogP contribution in [0.25, 0.3) is 0 Å². The van der Waals surface area contributed by atoms with E-state index in [1.807, 2.05) is 10.9 Å². The average molecular weight is 345 g/mol. The van der Waals surface area contributed by atoms with E-state index in [0.717, 1.165) is 14.5 Å². The number of carbonyl (C=O) groups is 1. The fourth-order valence-electron chi connectivity index (χ4n) is 1.48. The van der Waals surface area contributed by atoms with Crippen molar-refractivity contribution in [3.8, 4) is 0 Å². The van der Waals surface area contributed by atoms with Gasteiger partial charge in [-0.25, -0.2) is 4.98 Å². The third kappa shape index (κ3) is 4.64. The highest BCUT2D eigenvalue weighted by molar-refractivity contribution is 9.10. The molecule has 0 aliphatic carbocycles. The molecular formula is C11H13BrN4O2S. The number of nitrogens with zero attached hydrogens (tertiary/aromatic N) is 3. The van der Waals surface area contributed by atoms with Crippen molar-refractivity contribution in [2.45, 2.75) is 19.4 Å². The maximum atomic E-state index is 10.4. The molecule has 19 heavy (non-hydrogen) atoms.